The molecule has 3 nitrogen and oxygen atoms in total. The van der Waals surface area contributed by atoms with Crippen LogP contribution in [0.5, 0.6) is 0 Å². The van der Waals surface area contributed by atoms with Crippen molar-refractivity contribution in [3.8, 4) is 0 Å². The third-order valence-electron chi connectivity index (χ3n) is 3.80. The molecule has 2 N–H and O–H groups in total. The Morgan fingerprint density at radius 2 is 2.00 bits per heavy atom. The molecule has 0 bridgehead atoms. The molecular formula is C15H25N3. The van der Waals surface area contributed by atoms with Crippen molar-refractivity contribution < 1.29 is 0 Å². The average Bonchev–Trinajstić information content (AvgIpc) is 2.38. The molecule has 1 aliphatic rings. The van der Waals surface area contributed by atoms with Gasteiger partial charge in [-0.2, -0.15) is 0 Å². The number of aryl methyl sites for hydroxylation is 2. The van der Waals surface area contributed by atoms with Gasteiger partial charge in [0, 0.05) is 38.8 Å². The maximum absolute atomic E-state index is 3.46. The zero-order chi connectivity index (χ0) is 13.0. The second kappa shape index (κ2) is 6.32. The van der Waals surface area contributed by atoms with Crippen LogP contribution < -0.4 is 10.6 Å². The number of nitrogens with one attached hydrogen (secondary N) is 2. The summed E-state index contributed by atoms with van der Waals surface area (Å²) in [4.78, 5) is 2.54. The molecule has 1 heterocycles. The van der Waals surface area contributed by atoms with E-state index in [9.17, 15) is 0 Å². The van der Waals surface area contributed by atoms with Crippen molar-refractivity contribution in [1.82, 2.24) is 15.5 Å². The third-order valence-corrected chi connectivity index (χ3v) is 3.80. The fourth-order valence-corrected chi connectivity index (χ4v) is 2.71. The van der Waals surface area contributed by atoms with Gasteiger partial charge in [0.1, 0.15) is 0 Å². The van der Waals surface area contributed by atoms with Crippen LogP contribution in [0.2, 0.25) is 0 Å². The first kappa shape index (κ1) is 13.5. The number of nitrogens with zero attached hydrogens (tertiary/aromatic N) is 1. The molecule has 1 aromatic rings. The van der Waals surface area contributed by atoms with Gasteiger partial charge in [0.05, 0.1) is 0 Å². The van der Waals surface area contributed by atoms with Crippen LogP contribution in [-0.2, 0) is 0 Å². The Bertz CT molecular complexity index is 383. The van der Waals surface area contributed by atoms with Crippen molar-refractivity contribution in [3.05, 3.63) is 34.9 Å². The van der Waals surface area contributed by atoms with Crippen LogP contribution in [0.1, 0.15) is 22.7 Å². The molecule has 0 aromatic heterocycles. The minimum absolute atomic E-state index is 0.434. The quantitative estimate of drug-likeness (QED) is 0.844. The first-order valence-electron chi connectivity index (χ1n) is 6.88. The zero-order valence-electron chi connectivity index (χ0n) is 11.8. The number of benzene rings is 1. The summed E-state index contributed by atoms with van der Waals surface area (Å²) in [6, 6.07) is 7.19. The Kier molecular flexibility index (Phi) is 4.75. The summed E-state index contributed by atoms with van der Waals surface area (Å²) in [6.45, 7) is 10.0. The van der Waals surface area contributed by atoms with Gasteiger partial charge in [0.15, 0.2) is 0 Å². The highest BCUT2D eigenvalue weighted by Crippen LogP contribution is 2.20. The first-order chi connectivity index (χ1) is 8.70. The van der Waals surface area contributed by atoms with Crippen LogP contribution in [0.3, 0.4) is 0 Å². The highest BCUT2D eigenvalue weighted by atomic mass is 15.2. The highest BCUT2D eigenvalue weighted by molar-refractivity contribution is 5.33. The molecule has 0 radical (unpaired) electrons. The molecule has 3 heteroatoms. The second-order valence-electron chi connectivity index (χ2n) is 5.25. The van der Waals surface area contributed by atoms with Gasteiger partial charge >= 0.3 is 0 Å². The summed E-state index contributed by atoms with van der Waals surface area (Å²) < 4.78 is 0. The van der Waals surface area contributed by atoms with Gasteiger partial charge in [-0.05, 0) is 32.0 Å². The van der Waals surface area contributed by atoms with Gasteiger partial charge in [-0.3, -0.25) is 4.90 Å². The van der Waals surface area contributed by atoms with E-state index in [1.807, 2.05) is 0 Å². The second-order valence-corrected chi connectivity index (χ2v) is 5.25. The van der Waals surface area contributed by atoms with Crippen LogP contribution in [0.15, 0.2) is 18.2 Å². The zero-order valence-corrected chi connectivity index (χ0v) is 11.8. The standard InChI is InChI=1S/C15H25N3/c1-12-4-5-14(13(2)10-12)15(16-3)11-18-8-6-17-7-9-18/h4-5,10,15-17H,6-9,11H2,1-3H3. The van der Waals surface area contributed by atoms with E-state index in [-0.39, 0.29) is 0 Å². The number of hydrogen-bond donors (Lipinski definition) is 2. The average molecular weight is 247 g/mol. The normalized spacial score (nSPS) is 18.8. The number of likely N-dealkylation sites (N-methyl/N-ethyl adjacent to an activating group) is 1. The molecule has 1 atom stereocenters. The van der Waals surface area contributed by atoms with Gasteiger partial charge in [-0.15, -0.1) is 0 Å². The summed E-state index contributed by atoms with van der Waals surface area (Å²) in [5.41, 5.74) is 4.17. The molecule has 0 saturated carbocycles. The summed E-state index contributed by atoms with van der Waals surface area (Å²) in [5, 5.41) is 6.87. The molecule has 100 valence electrons. The van der Waals surface area contributed by atoms with E-state index in [1.54, 1.807) is 0 Å². The third kappa shape index (κ3) is 3.31. The van der Waals surface area contributed by atoms with Crippen LogP contribution in [0.25, 0.3) is 0 Å². The van der Waals surface area contributed by atoms with Gasteiger partial charge in [0.25, 0.3) is 0 Å². The topological polar surface area (TPSA) is 27.3 Å². The van der Waals surface area contributed by atoms with Crippen molar-refractivity contribution in [1.29, 1.82) is 0 Å². The Labute approximate surface area is 111 Å². The predicted octanol–water partition coefficient (Wildman–Crippen LogP) is 1.47. The minimum atomic E-state index is 0.434. The summed E-state index contributed by atoms with van der Waals surface area (Å²) in [5.74, 6) is 0. The molecule has 2 rings (SSSR count). The van der Waals surface area contributed by atoms with E-state index in [1.165, 1.54) is 16.7 Å². The lowest BCUT2D eigenvalue weighted by molar-refractivity contribution is 0.219. The van der Waals surface area contributed by atoms with Gasteiger partial charge in [-0.1, -0.05) is 23.8 Å². The fraction of sp³-hybridized carbons (Fsp3) is 0.600. The van der Waals surface area contributed by atoms with E-state index < -0.39 is 0 Å². The molecular weight excluding hydrogens is 222 g/mol. The van der Waals surface area contributed by atoms with Crippen LogP contribution in [-0.4, -0.2) is 44.7 Å². The smallest absolute Gasteiger partial charge is 0.0449 e. The van der Waals surface area contributed by atoms with E-state index in [0.29, 0.717) is 6.04 Å². The van der Waals surface area contributed by atoms with Crippen LogP contribution >= 0.6 is 0 Å². The maximum atomic E-state index is 3.46. The molecule has 0 spiro atoms. The lowest BCUT2D eigenvalue weighted by Crippen LogP contribution is -2.46. The Morgan fingerprint density at radius 1 is 1.28 bits per heavy atom. The van der Waals surface area contributed by atoms with Crippen LogP contribution in [0, 0.1) is 13.8 Å². The van der Waals surface area contributed by atoms with Crippen molar-refractivity contribution >= 4 is 0 Å². The number of rotatable bonds is 4. The van der Waals surface area contributed by atoms with Gasteiger partial charge in [0.2, 0.25) is 0 Å². The summed E-state index contributed by atoms with van der Waals surface area (Å²) >= 11 is 0. The molecule has 0 amide bonds. The number of piperazine rings is 1. The highest BCUT2D eigenvalue weighted by Gasteiger charge is 2.17. The maximum Gasteiger partial charge on any atom is 0.0449 e. The molecule has 1 saturated heterocycles. The first-order valence-corrected chi connectivity index (χ1v) is 6.88. The SMILES string of the molecule is CNC(CN1CCNCC1)c1ccc(C)cc1C. The van der Waals surface area contributed by atoms with Gasteiger partial charge in [-0.25, -0.2) is 0 Å². The van der Waals surface area contributed by atoms with Crippen molar-refractivity contribution in [2.24, 2.45) is 0 Å². The number of hydrogen-bond acceptors (Lipinski definition) is 3. The van der Waals surface area contributed by atoms with E-state index in [0.717, 1.165) is 32.7 Å². The van der Waals surface area contributed by atoms with E-state index >= 15 is 0 Å². The lowest BCUT2D eigenvalue weighted by atomic mass is 9.98. The molecule has 18 heavy (non-hydrogen) atoms. The molecule has 1 aliphatic heterocycles. The Morgan fingerprint density at radius 3 is 2.61 bits per heavy atom. The van der Waals surface area contributed by atoms with Crippen molar-refractivity contribution in [3.63, 3.8) is 0 Å². The Balaban J connectivity index is 2.07. The minimum Gasteiger partial charge on any atom is -0.314 e. The monoisotopic (exact) mass is 247 g/mol. The largest absolute Gasteiger partial charge is 0.314 e. The van der Waals surface area contributed by atoms with E-state index in [2.05, 4.69) is 54.6 Å². The summed E-state index contributed by atoms with van der Waals surface area (Å²) in [7, 11) is 2.06. The van der Waals surface area contributed by atoms with Gasteiger partial charge < -0.3 is 10.6 Å². The van der Waals surface area contributed by atoms with Crippen LogP contribution in [0.4, 0.5) is 0 Å². The fourth-order valence-electron chi connectivity index (χ4n) is 2.71. The molecule has 1 fully saturated rings. The molecule has 0 aliphatic carbocycles. The molecule has 1 aromatic carbocycles. The van der Waals surface area contributed by atoms with Crippen molar-refractivity contribution in [2.45, 2.75) is 19.9 Å². The lowest BCUT2D eigenvalue weighted by Gasteiger charge is -2.31. The predicted molar refractivity (Wildman–Crippen MR) is 77.0 cm³/mol. The van der Waals surface area contributed by atoms with Crippen molar-refractivity contribution in [2.75, 3.05) is 39.8 Å². The summed E-state index contributed by atoms with van der Waals surface area (Å²) in [6.07, 6.45) is 0. The Hall–Kier alpha value is -0.900. The molecule has 1 unspecified atom stereocenters. The van der Waals surface area contributed by atoms with E-state index in [4.69, 9.17) is 0 Å².